The molecule has 38 heavy (non-hydrogen) atoms. The molecule has 194 valence electrons. The normalized spacial score (nSPS) is 11.9. The second-order valence-corrected chi connectivity index (χ2v) is 9.13. The van der Waals surface area contributed by atoms with Crippen molar-refractivity contribution in [2.75, 3.05) is 44.4 Å². The zero-order chi connectivity index (χ0) is 26.3. The topological polar surface area (TPSA) is 100 Å². The van der Waals surface area contributed by atoms with Gasteiger partial charge in [-0.25, -0.2) is 4.79 Å². The number of rotatable bonds is 10. The van der Waals surface area contributed by atoms with Gasteiger partial charge in [0.2, 0.25) is 0 Å². The van der Waals surface area contributed by atoms with Crippen LogP contribution in [0.4, 0.5) is 16.2 Å². The Hall–Kier alpha value is -4.65. The lowest BCUT2D eigenvalue weighted by Gasteiger charge is -2.24. The van der Waals surface area contributed by atoms with E-state index >= 15 is 0 Å². The van der Waals surface area contributed by atoms with Crippen LogP contribution in [0.2, 0.25) is 0 Å². The fourth-order valence-electron chi connectivity index (χ4n) is 4.66. The lowest BCUT2D eigenvalue weighted by molar-refractivity contribution is 0.0876. The maximum atomic E-state index is 13.3. The minimum atomic E-state index is -0.409. The summed E-state index contributed by atoms with van der Waals surface area (Å²) in [4.78, 5) is 14.9. The number of nitrogens with two attached hydrogens (primary N) is 2. The predicted molar refractivity (Wildman–Crippen MR) is 149 cm³/mol. The van der Waals surface area contributed by atoms with Crippen LogP contribution in [-0.4, -0.2) is 43.9 Å². The van der Waals surface area contributed by atoms with E-state index in [-0.39, 0.29) is 12.5 Å². The number of fused-ring (bicyclic) bond motifs is 3. The van der Waals surface area contributed by atoms with Crippen LogP contribution in [0.5, 0.6) is 11.5 Å². The first-order valence-corrected chi connectivity index (χ1v) is 12.6. The number of hydrogen-bond acceptors (Lipinski definition) is 6. The number of hydrogen-bond donors (Lipinski definition) is 2. The summed E-state index contributed by atoms with van der Waals surface area (Å²) < 4.78 is 17.5. The molecule has 0 unspecified atom stereocenters. The molecule has 0 aromatic heterocycles. The third-order valence-electron chi connectivity index (χ3n) is 6.61. The molecule has 1 aliphatic rings. The molecule has 4 aromatic carbocycles. The highest BCUT2D eigenvalue weighted by Gasteiger charge is 2.29. The molecular formula is C31H31N3O4. The Kier molecular flexibility index (Phi) is 7.64. The lowest BCUT2D eigenvalue weighted by atomic mass is 9.98. The molecule has 0 saturated heterocycles. The van der Waals surface area contributed by atoms with E-state index in [0.717, 1.165) is 0 Å². The Morgan fingerprint density at radius 1 is 0.658 bits per heavy atom. The van der Waals surface area contributed by atoms with Gasteiger partial charge < -0.3 is 30.6 Å². The molecule has 0 atom stereocenters. The van der Waals surface area contributed by atoms with Gasteiger partial charge in [-0.1, -0.05) is 48.5 Å². The van der Waals surface area contributed by atoms with Crippen LogP contribution >= 0.6 is 0 Å². The predicted octanol–water partition coefficient (Wildman–Crippen LogP) is 5.56. The van der Waals surface area contributed by atoms with Crippen LogP contribution in [-0.2, 0) is 4.74 Å². The fraction of sp³-hybridized carbons (Fsp3) is 0.194. The first-order valence-electron chi connectivity index (χ1n) is 12.6. The highest BCUT2D eigenvalue weighted by molar-refractivity contribution is 5.79. The zero-order valence-electron chi connectivity index (χ0n) is 21.1. The summed E-state index contributed by atoms with van der Waals surface area (Å²) in [5.41, 5.74) is 17.6. The van der Waals surface area contributed by atoms with E-state index in [2.05, 4.69) is 24.3 Å². The number of carbonyl (C=O) groups excluding carboxylic acids is 1. The molecule has 0 heterocycles. The second kappa shape index (κ2) is 11.6. The summed E-state index contributed by atoms with van der Waals surface area (Å²) >= 11 is 0. The Morgan fingerprint density at radius 2 is 1.11 bits per heavy atom. The molecule has 0 bridgehead atoms. The monoisotopic (exact) mass is 509 g/mol. The van der Waals surface area contributed by atoms with Crippen molar-refractivity contribution in [3.63, 3.8) is 0 Å². The molecule has 1 aliphatic carbocycles. The first kappa shape index (κ1) is 25.0. The lowest BCUT2D eigenvalue weighted by Crippen LogP contribution is -2.38. The van der Waals surface area contributed by atoms with Gasteiger partial charge in [0.1, 0.15) is 31.3 Å². The summed E-state index contributed by atoms with van der Waals surface area (Å²) in [6.45, 7) is 1.53. The quantitative estimate of drug-likeness (QED) is 0.272. The zero-order valence-corrected chi connectivity index (χ0v) is 21.1. The molecule has 0 radical (unpaired) electrons. The standard InChI is InChI=1S/C31H31N3O4/c32-22-9-13-24(14-10-22)36-19-17-34(18-20-37-25-15-11-23(33)12-16-25)31(35)38-21-30-28-7-3-1-5-26(28)27-6-2-4-8-29(27)30/h1-16,30H,17-21,32-33H2. The Labute approximate surface area is 222 Å². The van der Waals surface area contributed by atoms with E-state index in [1.807, 2.05) is 24.3 Å². The summed E-state index contributed by atoms with van der Waals surface area (Å²) in [5.74, 6) is 1.36. The van der Waals surface area contributed by atoms with E-state index in [1.54, 1.807) is 53.4 Å². The van der Waals surface area contributed by atoms with Gasteiger partial charge >= 0.3 is 6.09 Å². The van der Waals surface area contributed by atoms with Gasteiger partial charge in [0, 0.05) is 17.3 Å². The van der Waals surface area contributed by atoms with Crippen molar-refractivity contribution in [2.45, 2.75) is 5.92 Å². The number of nitrogens with zero attached hydrogens (tertiary/aromatic N) is 1. The van der Waals surface area contributed by atoms with Crippen LogP contribution in [0.25, 0.3) is 11.1 Å². The molecule has 5 rings (SSSR count). The highest BCUT2D eigenvalue weighted by atomic mass is 16.6. The maximum Gasteiger partial charge on any atom is 0.410 e. The highest BCUT2D eigenvalue weighted by Crippen LogP contribution is 2.44. The Bertz CT molecular complexity index is 1280. The molecule has 0 saturated carbocycles. The van der Waals surface area contributed by atoms with Crippen molar-refractivity contribution in [1.29, 1.82) is 0 Å². The van der Waals surface area contributed by atoms with Crippen molar-refractivity contribution in [3.8, 4) is 22.6 Å². The largest absolute Gasteiger partial charge is 0.492 e. The molecule has 7 nitrogen and oxygen atoms in total. The van der Waals surface area contributed by atoms with Crippen LogP contribution < -0.4 is 20.9 Å². The van der Waals surface area contributed by atoms with E-state index < -0.39 is 6.09 Å². The molecular weight excluding hydrogens is 478 g/mol. The second-order valence-electron chi connectivity index (χ2n) is 9.13. The first-order chi connectivity index (χ1) is 18.6. The number of anilines is 2. The summed E-state index contributed by atoms with van der Waals surface area (Å²) in [5, 5.41) is 0. The third kappa shape index (κ3) is 5.83. The molecule has 7 heteroatoms. The molecule has 0 fully saturated rings. The van der Waals surface area contributed by atoms with Gasteiger partial charge in [-0.15, -0.1) is 0 Å². The van der Waals surface area contributed by atoms with Crippen molar-refractivity contribution >= 4 is 17.5 Å². The van der Waals surface area contributed by atoms with Crippen LogP contribution in [0.15, 0.2) is 97.1 Å². The van der Waals surface area contributed by atoms with Crippen molar-refractivity contribution in [3.05, 3.63) is 108 Å². The maximum absolute atomic E-state index is 13.3. The van der Waals surface area contributed by atoms with Gasteiger partial charge in [0.25, 0.3) is 0 Å². The van der Waals surface area contributed by atoms with Crippen LogP contribution in [0, 0.1) is 0 Å². The van der Waals surface area contributed by atoms with Crippen LogP contribution in [0.3, 0.4) is 0 Å². The average molecular weight is 510 g/mol. The molecule has 0 spiro atoms. The Morgan fingerprint density at radius 3 is 1.58 bits per heavy atom. The van der Waals surface area contributed by atoms with E-state index in [1.165, 1.54) is 22.3 Å². The SMILES string of the molecule is Nc1ccc(OCCN(CCOc2ccc(N)cc2)C(=O)OCC2c3ccccc3-c3ccccc32)cc1. The number of carbonyl (C=O) groups is 1. The molecule has 1 amide bonds. The van der Waals surface area contributed by atoms with Gasteiger partial charge in [-0.05, 0) is 70.8 Å². The minimum absolute atomic E-state index is 0.00902. The van der Waals surface area contributed by atoms with Gasteiger partial charge in [0.15, 0.2) is 0 Å². The van der Waals surface area contributed by atoms with E-state index in [9.17, 15) is 4.79 Å². The number of benzene rings is 4. The smallest absolute Gasteiger partial charge is 0.410 e. The minimum Gasteiger partial charge on any atom is -0.492 e. The summed E-state index contributed by atoms with van der Waals surface area (Å²) in [6, 6.07) is 30.9. The number of ether oxygens (including phenoxy) is 3. The van der Waals surface area contributed by atoms with Gasteiger partial charge in [-0.2, -0.15) is 0 Å². The molecule has 0 aliphatic heterocycles. The van der Waals surface area contributed by atoms with Crippen molar-refractivity contribution in [1.82, 2.24) is 4.90 Å². The average Bonchev–Trinajstić information content (AvgIpc) is 3.26. The van der Waals surface area contributed by atoms with E-state index in [4.69, 9.17) is 25.7 Å². The fourth-order valence-corrected chi connectivity index (χ4v) is 4.66. The van der Waals surface area contributed by atoms with Crippen LogP contribution in [0.1, 0.15) is 17.0 Å². The molecule has 4 N–H and O–H groups in total. The Balaban J connectivity index is 1.23. The third-order valence-corrected chi connectivity index (χ3v) is 6.61. The van der Waals surface area contributed by atoms with Gasteiger partial charge in [0.05, 0.1) is 13.1 Å². The summed E-state index contributed by atoms with van der Waals surface area (Å²) in [6.07, 6.45) is -0.409. The number of amides is 1. The van der Waals surface area contributed by atoms with Crippen molar-refractivity contribution < 1.29 is 19.0 Å². The number of nitrogen functional groups attached to an aromatic ring is 2. The summed E-state index contributed by atoms with van der Waals surface area (Å²) in [7, 11) is 0. The van der Waals surface area contributed by atoms with E-state index in [0.29, 0.717) is 49.2 Å². The van der Waals surface area contributed by atoms with Gasteiger partial charge in [-0.3, -0.25) is 0 Å². The van der Waals surface area contributed by atoms with Crippen molar-refractivity contribution in [2.24, 2.45) is 0 Å². The molecule has 4 aromatic rings.